The van der Waals surface area contributed by atoms with Crippen LogP contribution in [-0.2, 0) is 22.1 Å². The summed E-state index contributed by atoms with van der Waals surface area (Å²) in [5, 5.41) is 7.21. The van der Waals surface area contributed by atoms with E-state index in [0.29, 0.717) is 23.0 Å². The molecule has 0 bridgehead atoms. The lowest BCUT2D eigenvalue weighted by atomic mass is 10.1. The number of nitrogens with one attached hydrogen (secondary N) is 2. The molecule has 0 spiro atoms. The molecule has 5 nitrogen and oxygen atoms in total. The lowest BCUT2D eigenvalue weighted by molar-refractivity contribution is 0.599. The quantitative estimate of drug-likeness (QED) is 0.325. The first-order chi connectivity index (χ1) is 13.2. The van der Waals surface area contributed by atoms with Crippen LogP contribution >= 0.6 is 35.6 Å². The molecule has 0 heterocycles. The highest BCUT2D eigenvalue weighted by Gasteiger charge is 2.39. The third-order valence-electron chi connectivity index (χ3n) is 4.65. The van der Waals surface area contributed by atoms with Gasteiger partial charge in [-0.3, -0.25) is 4.99 Å². The Kier molecular flexibility index (Phi) is 8.30. The Labute approximate surface area is 193 Å². The van der Waals surface area contributed by atoms with E-state index in [9.17, 15) is 12.8 Å². The van der Waals surface area contributed by atoms with Crippen LogP contribution < -0.4 is 10.6 Å². The smallest absolute Gasteiger partial charge is 0.191 e. The molecule has 1 aliphatic carbocycles. The Morgan fingerprint density at radius 1 is 1.24 bits per heavy atom. The molecule has 2 N–H and O–H groups in total. The summed E-state index contributed by atoms with van der Waals surface area (Å²) in [7, 11) is -1.55. The Morgan fingerprint density at radius 2 is 2.00 bits per heavy atom. The normalized spacial score (nSPS) is 18.7. The standard InChI is InChI=1S/C20H23ClFN3O2S.HI/c1-23-20(25-19-10-18(19)13-4-3-5-16(21)8-13)24-11-15-9-17(22)7-6-14(15)12-28(2,26)27;/h3-9,18-19H,10-12H2,1-2H3,(H2,23,24,25);1H. The second-order valence-electron chi connectivity index (χ2n) is 7.06. The van der Waals surface area contributed by atoms with Crippen molar-refractivity contribution in [2.24, 2.45) is 4.99 Å². The fourth-order valence-electron chi connectivity index (χ4n) is 3.19. The van der Waals surface area contributed by atoms with Crippen molar-refractivity contribution >= 4 is 51.4 Å². The molecule has 9 heteroatoms. The molecule has 158 valence electrons. The van der Waals surface area contributed by atoms with Gasteiger partial charge in [-0.2, -0.15) is 0 Å². The SMILES string of the molecule is CN=C(NCc1cc(F)ccc1CS(C)(=O)=O)NC1CC1c1cccc(Cl)c1.I. The van der Waals surface area contributed by atoms with Gasteiger partial charge in [-0.1, -0.05) is 29.8 Å². The van der Waals surface area contributed by atoms with Gasteiger partial charge in [0.2, 0.25) is 0 Å². The predicted molar refractivity (Wildman–Crippen MR) is 126 cm³/mol. The number of sulfone groups is 1. The number of rotatable bonds is 6. The van der Waals surface area contributed by atoms with Crippen LogP contribution in [0.25, 0.3) is 0 Å². The number of aliphatic imine (C=N–C) groups is 1. The monoisotopic (exact) mass is 551 g/mol. The highest BCUT2D eigenvalue weighted by Crippen LogP contribution is 2.41. The van der Waals surface area contributed by atoms with Crippen molar-refractivity contribution in [3.05, 3.63) is 70.0 Å². The van der Waals surface area contributed by atoms with Gasteiger partial charge in [0.1, 0.15) is 5.82 Å². The second-order valence-corrected chi connectivity index (χ2v) is 9.63. The Balaban J connectivity index is 0.00000300. The van der Waals surface area contributed by atoms with Gasteiger partial charge in [0, 0.05) is 36.8 Å². The fourth-order valence-corrected chi connectivity index (χ4v) is 4.24. The van der Waals surface area contributed by atoms with Crippen molar-refractivity contribution in [1.29, 1.82) is 0 Å². The maximum absolute atomic E-state index is 13.6. The van der Waals surface area contributed by atoms with Crippen molar-refractivity contribution in [2.45, 2.75) is 30.7 Å². The third kappa shape index (κ3) is 7.11. The second kappa shape index (κ2) is 10.1. The zero-order valence-electron chi connectivity index (χ0n) is 16.2. The van der Waals surface area contributed by atoms with Crippen LogP contribution in [0.3, 0.4) is 0 Å². The van der Waals surface area contributed by atoms with Gasteiger partial charge >= 0.3 is 0 Å². The topological polar surface area (TPSA) is 70.6 Å². The van der Waals surface area contributed by atoms with E-state index in [1.807, 2.05) is 18.2 Å². The lowest BCUT2D eigenvalue weighted by Crippen LogP contribution is -2.38. The van der Waals surface area contributed by atoms with Crippen LogP contribution in [0.4, 0.5) is 4.39 Å². The van der Waals surface area contributed by atoms with Gasteiger partial charge in [0.05, 0.1) is 5.75 Å². The molecule has 0 radical (unpaired) electrons. The summed E-state index contributed by atoms with van der Waals surface area (Å²) in [5.74, 6) is 0.423. The molecule has 0 saturated heterocycles. The van der Waals surface area contributed by atoms with Crippen LogP contribution in [0.1, 0.15) is 29.0 Å². The molecule has 0 aliphatic heterocycles. The van der Waals surface area contributed by atoms with Gasteiger partial charge in [0.15, 0.2) is 15.8 Å². The summed E-state index contributed by atoms with van der Waals surface area (Å²) in [6, 6.07) is 12.2. The molecular weight excluding hydrogens is 528 g/mol. The van der Waals surface area contributed by atoms with E-state index in [1.54, 1.807) is 7.05 Å². The maximum atomic E-state index is 13.6. The Hall–Kier alpha value is -1.39. The summed E-state index contributed by atoms with van der Waals surface area (Å²) < 4.78 is 36.9. The fraction of sp³-hybridized carbons (Fsp3) is 0.350. The first-order valence-corrected chi connectivity index (χ1v) is 11.4. The van der Waals surface area contributed by atoms with E-state index in [1.165, 1.54) is 23.8 Å². The van der Waals surface area contributed by atoms with E-state index in [4.69, 9.17) is 11.6 Å². The average Bonchev–Trinajstić information content (AvgIpc) is 3.39. The number of guanidine groups is 1. The third-order valence-corrected chi connectivity index (χ3v) is 5.72. The molecule has 2 aromatic carbocycles. The molecule has 2 unspecified atom stereocenters. The highest BCUT2D eigenvalue weighted by molar-refractivity contribution is 14.0. The van der Waals surface area contributed by atoms with Gasteiger partial charge in [0.25, 0.3) is 0 Å². The van der Waals surface area contributed by atoms with Gasteiger partial charge in [-0.25, -0.2) is 12.8 Å². The number of halogens is 3. The summed E-state index contributed by atoms with van der Waals surface area (Å²) in [6.07, 6.45) is 2.14. The van der Waals surface area contributed by atoms with Crippen LogP contribution in [0, 0.1) is 5.82 Å². The van der Waals surface area contributed by atoms with Crippen LogP contribution in [-0.4, -0.2) is 33.7 Å². The molecule has 3 rings (SSSR count). The van der Waals surface area contributed by atoms with Crippen LogP contribution in [0.15, 0.2) is 47.5 Å². The minimum atomic E-state index is -3.21. The number of hydrogen-bond donors (Lipinski definition) is 2. The van der Waals surface area contributed by atoms with E-state index < -0.39 is 15.7 Å². The average molecular weight is 552 g/mol. The minimum absolute atomic E-state index is 0. The van der Waals surface area contributed by atoms with Crippen LogP contribution in [0.2, 0.25) is 5.02 Å². The minimum Gasteiger partial charge on any atom is -0.353 e. The number of hydrogen-bond acceptors (Lipinski definition) is 3. The Morgan fingerprint density at radius 3 is 2.66 bits per heavy atom. The van der Waals surface area contributed by atoms with E-state index in [0.717, 1.165) is 17.7 Å². The highest BCUT2D eigenvalue weighted by atomic mass is 127. The zero-order chi connectivity index (χ0) is 20.3. The molecular formula is C20H24ClFIN3O2S. The number of nitrogens with zero attached hydrogens (tertiary/aromatic N) is 1. The first-order valence-electron chi connectivity index (χ1n) is 8.93. The summed E-state index contributed by atoms with van der Waals surface area (Å²) in [5.41, 5.74) is 2.35. The molecule has 29 heavy (non-hydrogen) atoms. The molecule has 0 amide bonds. The first kappa shape index (κ1) is 23.9. The molecule has 0 aromatic heterocycles. The van der Waals surface area contributed by atoms with Crippen molar-refractivity contribution in [1.82, 2.24) is 10.6 Å². The molecule has 1 aliphatic rings. The van der Waals surface area contributed by atoms with E-state index >= 15 is 0 Å². The summed E-state index contributed by atoms with van der Waals surface area (Å²) in [4.78, 5) is 4.21. The summed E-state index contributed by atoms with van der Waals surface area (Å²) >= 11 is 6.06. The van der Waals surface area contributed by atoms with E-state index in [-0.39, 0.29) is 42.3 Å². The number of benzene rings is 2. The zero-order valence-corrected chi connectivity index (χ0v) is 20.1. The van der Waals surface area contributed by atoms with Gasteiger partial charge < -0.3 is 10.6 Å². The van der Waals surface area contributed by atoms with Crippen molar-refractivity contribution in [2.75, 3.05) is 13.3 Å². The molecule has 1 saturated carbocycles. The lowest BCUT2D eigenvalue weighted by Gasteiger charge is -2.14. The summed E-state index contributed by atoms with van der Waals surface area (Å²) in [6.45, 7) is 0.275. The van der Waals surface area contributed by atoms with Crippen molar-refractivity contribution in [3.8, 4) is 0 Å². The van der Waals surface area contributed by atoms with E-state index in [2.05, 4.69) is 21.7 Å². The van der Waals surface area contributed by atoms with Crippen LogP contribution in [0.5, 0.6) is 0 Å². The maximum Gasteiger partial charge on any atom is 0.191 e. The van der Waals surface area contributed by atoms with Gasteiger partial charge in [-0.05, 0) is 47.4 Å². The molecule has 2 atom stereocenters. The molecule has 2 aromatic rings. The largest absolute Gasteiger partial charge is 0.353 e. The van der Waals surface area contributed by atoms with Gasteiger partial charge in [-0.15, -0.1) is 24.0 Å². The van der Waals surface area contributed by atoms with Crippen molar-refractivity contribution in [3.63, 3.8) is 0 Å². The molecule has 1 fully saturated rings. The van der Waals surface area contributed by atoms with Crippen molar-refractivity contribution < 1.29 is 12.8 Å². The Bertz CT molecular complexity index is 1000. The predicted octanol–water partition coefficient (Wildman–Crippen LogP) is 3.86.